The van der Waals surface area contributed by atoms with Crippen molar-refractivity contribution in [3.05, 3.63) is 26.7 Å². The predicted octanol–water partition coefficient (Wildman–Crippen LogP) is 0.209. The van der Waals surface area contributed by atoms with Crippen molar-refractivity contribution in [3.8, 4) is 0 Å². The van der Waals surface area contributed by atoms with Gasteiger partial charge in [0.1, 0.15) is 5.82 Å². The SMILES string of the molecule is CCCCn1c(=O)[nH]c(=O)c2c1nc(CN1CCN(CC(=O)N(CC)CC)CC1)n2C. The van der Waals surface area contributed by atoms with Gasteiger partial charge in [-0.15, -0.1) is 0 Å². The smallest absolute Gasteiger partial charge is 0.330 e. The molecule has 0 aliphatic carbocycles. The summed E-state index contributed by atoms with van der Waals surface area (Å²) in [6.45, 7) is 12.4. The number of carbonyl (C=O) groups is 1. The number of amides is 1. The zero-order valence-corrected chi connectivity index (χ0v) is 19.2. The highest BCUT2D eigenvalue weighted by molar-refractivity contribution is 5.78. The number of nitrogens with one attached hydrogen (secondary N) is 1. The largest absolute Gasteiger partial charge is 0.342 e. The Kier molecular flexibility index (Phi) is 7.66. The molecule has 31 heavy (non-hydrogen) atoms. The molecule has 3 rings (SSSR count). The third kappa shape index (κ3) is 5.07. The normalized spacial score (nSPS) is 15.6. The fraction of sp³-hybridized carbons (Fsp3) is 0.714. The monoisotopic (exact) mass is 433 g/mol. The summed E-state index contributed by atoms with van der Waals surface area (Å²) in [5.74, 6) is 0.946. The predicted molar refractivity (Wildman–Crippen MR) is 120 cm³/mol. The molecule has 0 radical (unpaired) electrons. The van der Waals surface area contributed by atoms with Crippen LogP contribution in [0, 0.1) is 0 Å². The van der Waals surface area contributed by atoms with E-state index >= 15 is 0 Å². The number of hydrogen-bond donors (Lipinski definition) is 1. The van der Waals surface area contributed by atoms with Crippen LogP contribution >= 0.6 is 0 Å². The topological polar surface area (TPSA) is 99.5 Å². The van der Waals surface area contributed by atoms with Crippen molar-refractivity contribution in [3.63, 3.8) is 0 Å². The molecule has 1 aliphatic rings. The van der Waals surface area contributed by atoms with Gasteiger partial charge in [0, 0.05) is 52.9 Å². The molecule has 1 fully saturated rings. The first-order valence-electron chi connectivity index (χ1n) is 11.3. The Bertz CT molecular complexity index is 1010. The van der Waals surface area contributed by atoms with Gasteiger partial charge in [-0.1, -0.05) is 13.3 Å². The molecule has 172 valence electrons. The molecule has 3 heterocycles. The van der Waals surface area contributed by atoms with Crippen LogP contribution in [0.5, 0.6) is 0 Å². The molecule has 1 aliphatic heterocycles. The molecular formula is C21H35N7O3. The van der Waals surface area contributed by atoms with E-state index in [1.165, 1.54) is 0 Å². The van der Waals surface area contributed by atoms with Crippen molar-refractivity contribution in [2.75, 3.05) is 45.8 Å². The second kappa shape index (κ2) is 10.2. The number of aromatic amines is 1. The molecular weight excluding hydrogens is 398 g/mol. The highest BCUT2D eigenvalue weighted by Gasteiger charge is 2.23. The van der Waals surface area contributed by atoms with Crippen molar-refractivity contribution < 1.29 is 4.79 Å². The molecule has 0 unspecified atom stereocenters. The van der Waals surface area contributed by atoms with Gasteiger partial charge in [0.25, 0.3) is 5.56 Å². The highest BCUT2D eigenvalue weighted by Crippen LogP contribution is 2.14. The molecule has 0 bridgehead atoms. The van der Waals surface area contributed by atoms with E-state index in [2.05, 4.69) is 26.7 Å². The molecule has 1 amide bonds. The lowest BCUT2D eigenvalue weighted by Crippen LogP contribution is -2.49. The molecule has 0 spiro atoms. The quantitative estimate of drug-likeness (QED) is 0.607. The van der Waals surface area contributed by atoms with Gasteiger partial charge < -0.3 is 9.47 Å². The summed E-state index contributed by atoms with van der Waals surface area (Å²) in [6.07, 6.45) is 1.80. The average Bonchev–Trinajstić information content (AvgIpc) is 3.06. The first kappa shape index (κ1) is 23.2. The van der Waals surface area contributed by atoms with Crippen LogP contribution in [0.4, 0.5) is 0 Å². The van der Waals surface area contributed by atoms with Gasteiger partial charge in [0.05, 0.1) is 13.1 Å². The van der Waals surface area contributed by atoms with E-state index in [9.17, 15) is 14.4 Å². The third-order valence-corrected chi connectivity index (χ3v) is 6.15. The average molecular weight is 434 g/mol. The minimum atomic E-state index is -0.401. The van der Waals surface area contributed by atoms with Crippen molar-refractivity contribution >= 4 is 17.1 Å². The Morgan fingerprint density at radius 1 is 1.06 bits per heavy atom. The zero-order chi connectivity index (χ0) is 22.5. The van der Waals surface area contributed by atoms with E-state index in [1.807, 2.05) is 25.8 Å². The number of likely N-dealkylation sites (N-methyl/N-ethyl adjacent to an activating group) is 1. The molecule has 1 N–H and O–H groups in total. The maximum absolute atomic E-state index is 12.4. The van der Waals surface area contributed by atoms with Crippen LogP contribution in [0.15, 0.2) is 9.59 Å². The maximum atomic E-state index is 12.4. The van der Waals surface area contributed by atoms with E-state index in [0.717, 1.165) is 57.9 Å². The number of nitrogens with zero attached hydrogens (tertiary/aromatic N) is 6. The van der Waals surface area contributed by atoms with Gasteiger partial charge in [-0.05, 0) is 20.3 Å². The molecule has 10 heteroatoms. The van der Waals surface area contributed by atoms with Gasteiger partial charge in [0.2, 0.25) is 5.91 Å². The number of unbranched alkanes of at least 4 members (excludes halogenated alkanes) is 1. The van der Waals surface area contributed by atoms with Crippen LogP contribution in [0.1, 0.15) is 39.4 Å². The van der Waals surface area contributed by atoms with E-state index in [0.29, 0.717) is 30.8 Å². The van der Waals surface area contributed by atoms with E-state index in [-0.39, 0.29) is 5.91 Å². The van der Waals surface area contributed by atoms with E-state index < -0.39 is 11.2 Å². The number of aromatic nitrogens is 4. The third-order valence-electron chi connectivity index (χ3n) is 6.15. The lowest BCUT2D eigenvalue weighted by molar-refractivity contribution is -0.132. The van der Waals surface area contributed by atoms with Crippen molar-refractivity contribution in [1.29, 1.82) is 0 Å². The van der Waals surface area contributed by atoms with Gasteiger partial charge in [-0.25, -0.2) is 9.78 Å². The minimum absolute atomic E-state index is 0.179. The standard InChI is InChI=1S/C21H35N7O3/c1-5-8-9-28-19-18(20(30)23-21(28)31)24(4)16(22-19)14-25-10-12-26(13-11-25)15-17(29)27(6-2)7-3/h5-15H2,1-4H3,(H,23,30,31). The van der Waals surface area contributed by atoms with Crippen LogP contribution in [-0.2, 0) is 24.9 Å². The van der Waals surface area contributed by atoms with Gasteiger partial charge in [-0.3, -0.25) is 28.9 Å². The highest BCUT2D eigenvalue weighted by atomic mass is 16.2. The Hall–Kier alpha value is -2.46. The first-order valence-corrected chi connectivity index (χ1v) is 11.3. The molecule has 10 nitrogen and oxygen atoms in total. The van der Waals surface area contributed by atoms with Gasteiger partial charge >= 0.3 is 5.69 Å². The summed E-state index contributed by atoms with van der Waals surface area (Å²) < 4.78 is 3.37. The van der Waals surface area contributed by atoms with Crippen LogP contribution in [-0.4, -0.2) is 85.5 Å². The Morgan fingerprint density at radius 3 is 2.32 bits per heavy atom. The Morgan fingerprint density at radius 2 is 1.71 bits per heavy atom. The second-order valence-corrected chi connectivity index (χ2v) is 8.14. The number of rotatable bonds is 9. The number of carbonyl (C=O) groups excluding carboxylic acids is 1. The molecule has 0 atom stereocenters. The Balaban J connectivity index is 1.70. The first-order chi connectivity index (χ1) is 14.9. The number of H-pyrrole nitrogens is 1. The summed E-state index contributed by atoms with van der Waals surface area (Å²) in [5, 5.41) is 0. The number of fused-ring (bicyclic) bond motifs is 1. The fourth-order valence-corrected chi connectivity index (χ4v) is 4.13. The minimum Gasteiger partial charge on any atom is -0.342 e. The van der Waals surface area contributed by atoms with Gasteiger partial charge in [-0.2, -0.15) is 0 Å². The van der Waals surface area contributed by atoms with Crippen molar-refractivity contribution in [1.82, 2.24) is 33.8 Å². The maximum Gasteiger partial charge on any atom is 0.330 e. The van der Waals surface area contributed by atoms with Crippen LogP contribution in [0.3, 0.4) is 0 Å². The van der Waals surface area contributed by atoms with Crippen LogP contribution in [0.25, 0.3) is 11.2 Å². The van der Waals surface area contributed by atoms with E-state index in [4.69, 9.17) is 0 Å². The summed E-state index contributed by atoms with van der Waals surface area (Å²) in [5.41, 5.74) is 0.105. The van der Waals surface area contributed by atoms with Crippen LogP contribution < -0.4 is 11.2 Å². The lowest BCUT2D eigenvalue weighted by Gasteiger charge is -2.35. The number of piperazine rings is 1. The second-order valence-electron chi connectivity index (χ2n) is 8.14. The molecule has 2 aromatic heterocycles. The summed E-state index contributed by atoms with van der Waals surface area (Å²) in [4.78, 5) is 50.5. The van der Waals surface area contributed by atoms with Crippen molar-refractivity contribution in [2.24, 2.45) is 7.05 Å². The molecule has 0 aromatic carbocycles. The van der Waals surface area contributed by atoms with Crippen LogP contribution in [0.2, 0.25) is 0 Å². The van der Waals surface area contributed by atoms with Crippen molar-refractivity contribution in [2.45, 2.75) is 46.7 Å². The molecule has 2 aromatic rings. The fourth-order valence-electron chi connectivity index (χ4n) is 4.13. The Labute approximate surface area is 182 Å². The zero-order valence-electron chi connectivity index (χ0n) is 19.2. The van der Waals surface area contributed by atoms with E-state index in [1.54, 1.807) is 9.13 Å². The number of aryl methyl sites for hydroxylation is 2. The summed E-state index contributed by atoms with van der Waals surface area (Å²) in [7, 11) is 1.83. The summed E-state index contributed by atoms with van der Waals surface area (Å²) in [6, 6.07) is 0. The van der Waals surface area contributed by atoms with Gasteiger partial charge in [0.15, 0.2) is 11.2 Å². The molecule has 1 saturated heterocycles. The molecule has 0 saturated carbocycles. The summed E-state index contributed by atoms with van der Waals surface area (Å²) >= 11 is 0. The lowest BCUT2D eigenvalue weighted by atomic mass is 10.3. The number of hydrogen-bond acceptors (Lipinski definition) is 6. The number of imidazole rings is 1.